The number of aromatic nitrogens is 2. The fourth-order valence-corrected chi connectivity index (χ4v) is 4.39. The Morgan fingerprint density at radius 1 is 1.12 bits per heavy atom. The zero-order valence-electron chi connectivity index (χ0n) is 18.9. The van der Waals surface area contributed by atoms with Crippen LogP contribution in [0.15, 0.2) is 51.9 Å². The Morgan fingerprint density at radius 2 is 1.82 bits per heavy atom. The third-order valence-corrected chi connectivity index (χ3v) is 6.25. The lowest BCUT2D eigenvalue weighted by Gasteiger charge is -2.20. The van der Waals surface area contributed by atoms with Gasteiger partial charge < -0.3 is 18.7 Å². The third kappa shape index (κ3) is 5.69. The molecule has 0 saturated heterocycles. The molecular formula is C22H24FN3O7S. The van der Waals surface area contributed by atoms with E-state index in [4.69, 9.17) is 18.7 Å². The van der Waals surface area contributed by atoms with Crippen LogP contribution in [0.4, 0.5) is 4.39 Å². The highest BCUT2D eigenvalue weighted by atomic mass is 32.2. The molecule has 34 heavy (non-hydrogen) atoms. The molecule has 0 spiro atoms. The number of hydrogen-bond acceptors (Lipinski definition) is 9. The van der Waals surface area contributed by atoms with Crippen LogP contribution in [-0.4, -0.2) is 44.8 Å². The van der Waals surface area contributed by atoms with E-state index < -0.39 is 38.7 Å². The van der Waals surface area contributed by atoms with Crippen molar-refractivity contribution in [1.29, 1.82) is 0 Å². The number of carbonyl (C=O) groups is 1. The number of ether oxygens (including phenoxy) is 3. The van der Waals surface area contributed by atoms with E-state index >= 15 is 0 Å². The molecule has 0 radical (unpaired) electrons. The Kier molecular flexibility index (Phi) is 7.84. The minimum atomic E-state index is -4.31. The summed E-state index contributed by atoms with van der Waals surface area (Å²) >= 11 is 0. The molecule has 0 saturated carbocycles. The van der Waals surface area contributed by atoms with Gasteiger partial charge in [0.25, 0.3) is 5.89 Å². The molecule has 3 rings (SSSR count). The van der Waals surface area contributed by atoms with Gasteiger partial charge >= 0.3 is 5.97 Å². The second-order valence-corrected chi connectivity index (χ2v) is 9.14. The summed E-state index contributed by atoms with van der Waals surface area (Å²) in [6.45, 7) is 2.86. The molecule has 12 heteroatoms. The van der Waals surface area contributed by atoms with Gasteiger partial charge in [-0.25, -0.2) is 12.8 Å². The Balaban J connectivity index is 1.69. The standard InChI is InChI=1S/C22H24FN3O7S/c1-13(2)20(26-34(28,29)18-8-6-5-7-15(18)23)22(27)32-12-19-24-21(25-33-19)14-9-10-16(30-3)17(11-14)31-4/h5-11,13,20,26H,12H2,1-4H3/t20-/m0/s1. The number of esters is 1. The first-order valence-electron chi connectivity index (χ1n) is 10.1. The predicted octanol–water partition coefficient (Wildman–Crippen LogP) is 2.94. The van der Waals surface area contributed by atoms with Gasteiger partial charge in [0.15, 0.2) is 18.1 Å². The average Bonchev–Trinajstić information content (AvgIpc) is 3.29. The summed E-state index contributed by atoms with van der Waals surface area (Å²) in [6.07, 6.45) is 0. The van der Waals surface area contributed by atoms with Crippen molar-refractivity contribution in [2.45, 2.75) is 31.4 Å². The van der Waals surface area contributed by atoms with E-state index in [1.165, 1.54) is 26.4 Å². The van der Waals surface area contributed by atoms with Gasteiger partial charge in [-0.1, -0.05) is 31.1 Å². The first-order chi connectivity index (χ1) is 16.2. The lowest BCUT2D eigenvalue weighted by atomic mass is 10.1. The largest absolute Gasteiger partial charge is 0.493 e. The Morgan fingerprint density at radius 3 is 2.47 bits per heavy atom. The minimum absolute atomic E-state index is 0.00222. The lowest BCUT2D eigenvalue weighted by molar-refractivity contribution is -0.148. The van der Waals surface area contributed by atoms with Crippen LogP contribution >= 0.6 is 0 Å². The summed E-state index contributed by atoms with van der Waals surface area (Å²) in [5, 5.41) is 3.86. The van der Waals surface area contributed by atoms with Gasteiger partial charge in [0.2, 0.25) is 15.8 Å². The average molecular weight is 494 g/mol. The van der Waals surface area contributed by atoms with Crippen molar-refractivity contribution in [3.63, 3.8) is 0 Å². The molecule has 1 atom stereocenters. The quantitative estimate of drug-likeness (QED) is 0.424. The summed E-state index contributed by atoms with van der Waals surface area (Å²) in [7, 11) is -1.30. The topological polar surface area (TPSA) is 130 Å². The van der Waals surface area contributed by atoms with Crippen LogP contribution < -0.4 is 14.2 Å². The number of benzene rings is 2. The summed E-state index contributed by atoms with van der Waals surface area (Å²) in [4.78, 5) is 16.2. The number of rotatable bonds is 10. The fraction of sp³-hybridized carbons (Fsp3) is 0.318. The number of carbonyl (C=O) groups excluding carboxylic acids is 1. The van der Waals surface area contributed by atoms with E-state index in [1.807, 2.05) is 0 Å². The summed E-state index contributed by atoms with van der Waals surface area (Å²) < 4.78 is 62.1. The normalized spacial score (nSPS) is 12.4. The molecule has 3 aromatic rings. The lowest BCUT2D eigenvalue weighted by Crippen LogP contribution is -2.45. The Bertz CT molecular complexity index is 1260. The van der Waals surface area contributed by atoms with E-state index in [2.05, 4.69) is 14.9 Å². The maximum absolute atomic E-state index is 14.0. The molecule has 0 fully saturated rings. The van der Waals surface area contributed by atoms with E-state index in [-0.39, 0.29) is 18.3 Å². The number of methoxy groups -OCH3 is 2. The van der Waals surface area contributed by atoms with Crippen molar-refractivity contribution < 1.29 is 36.3 Å². The number of sulfonamides is 1. The van der Waals surface area contributed by atoms with Crippen molar-refractivity contribution in [3.8, 4) is 22.9 Å². The second kappa shape index (κ2) is 10.6. The summed E-state index contributed by atoms with van der Waals surface area (Å²) in [6, 6.07) is 8.64. The molecule has 1 N–H and O–H groups in total. The van der Waals surface area contributed by atoms with Crippen LogP contribution in [-0.2, 0) is 26.2 Å². The van der Waals surface area contributed by atoms with Crippen LogP contribution in [0.1, 0.15) is 19.7 Å². The van der Waals surface area contributed by atoms with Gasteiger partial charge in [0.1, 0.15) is 16.8 Å². The van der Waals surface area contributed by atoms with E-state index in [0.717, 1.165) is 12.1 Å². The zero-order valence-corrected chi connectivity index (χ0v) is 19.8. The molecule has 0 amide bonds. The fourth-order valence-electron chi connectivity index (χ4n) is 2.98. The SMILES string of the molecule is COc1ccc(-c2noc(COC(=O)[C@@H](NS(=O)(=O)c3ccccc3F)C(C)C)n2)cc1OC. The molecule has 0 aliphatic rings. The van der Waals surface area contributed by atoms with Crippen molar-refractivity contribution in [2.24, 2.45) is 5.92 Å². The minimum Gasteiger partial charge on any atom is -0.493 e. The summed E-state index contributed by atoms with van der Waals surface area (Å²) in [5.74, 6) is -1.06. The van der Waals surface area contributed by atoms with Gasteiger partial charge in [-0.15, -0.1) is 0 Å². The van der Waals surface area contributed by atoms with Crippen LogP contribution in [0.3, 0.4) is 0 Å². The molecule has 1 aromatic heterocycles. The smallest absolute Gasteiger partial charge is 0.324 e. The number of nitrogens with zero attached hydrogens (tertiary/aromatic N) is 2. The Labute approximate surface area is 196 Å². The molecule has 2 aromatic carbocycles. The number of halogens is 1. The van der Waals surface area contributed by atoms with Gasteiger partial charge in [-0.3, -0.25) is 4.79 Å². The van der Waals surface area contributed by atoms with E-state index in [0.29, 0.717) is 17.1 Å². The van der Waals surface area contributed by atoms with Gasteiger partial charge in [-0.05, 0) is 36.2 Å². The van der Waals surface area contributed by atoms with E-state index in [1.54, 1.807) is 32.0 Å². The molecule has 1 heterocycles. The highest BCUT2D eigenvalue weighted by molar-refractivity contribution is 7.89. The molecular weight excluding hydrogens is 469 g/mol. The van der Waals surface area contributed by atoms with Crippen molar-refractivity contribution >= 4 is 16.0 Å². The van der Waals surface area contributed by atoms with Crippen LogP contribution in [0, 0.1) is 11.7 Å². The molecule has 0 bridgehead atoms. The first kappa shape index (κ1) is 25.1. The second-order valence-electron chi connectivity index (χ2n) is 7.46. The molecule has 10 nitrogen and oxygen atoms in total. The maximum atomic E-state index is 14.0. The van der Waals surface area contributed by atoms with Crippen molar-refractivity contribution in [3.05, 3.63) is 54.2 Å². The first-order valence-corrected chi connectivity index (χ1v) is 11.6. The van der Waals surface area contributed by atoms with Gasteiger partial charge in [0.05, 0.1) is 14.2 Å². The number of nitrogens with one attached hydrogen (secondary N) is 1. The highest BCUT2D eigenvalue weighted by Crippen LogP contribution is 2.31. The summed E-state index contributed by atoms with van der Waals surface area (Å²) in [5.41, 5.74) is 0.580. The van der Waals surface area contributed by atoms with Crippen molar-refractivity contribution in [1.82, 2.24) is 14.9 Å². The van der Waals surface area contributed by atoms with Crippen LogP contribution in [0.2, 0.25) is 0 Å². The molecule has 0 aliphatic heterocycles. The van der Waals surface area contributed by atoms with Gasteiger partial charge in [-0.2, -0.15) is 9.71 Å². The number of hydrogen-bond donors (Lipinski definition) is 1. The highest BCUT2D eigenvalue weighted by Gasteiger charge is 2.31. The molecule has 0 aliphatic carbocycles. The third-order valence-electron chi connectivity index (χ3n) is 4.78. The molecule has 182 valence electrons. The van der Waals surface area contributed by atoms with Gasteiger partial charge in [0, 0.05) is 5.56 Å². The van der Waals surface area contributed by atoms with Crippen LogP contribution in [0.5, 0.6) is 11.5 Å². The predicted molar refractivity (Wildman–Crippen MR) is 118 cm³/mol. The monoisotopic (exact) mass is 493 g/mol. The van der Waals surface area contributed by atoms with Crippen LogP contribution in [0.25, 0.3) is 11.4 Å². The van der Waals surface area contributed by atoms with E-state index in [9.17, 15) is 17.6 Å². The molecule has 0 unspecified atom stereocenters. The zero-order chi connectivity index (χ0) is 24.9. The maximum Gasteiger partial charge on any atom is 0.324 e. The van der Waals surface area contributed by atoms with Crippen molar-refractivity contribution in [2.75, 3.05) is 14.2 Å². The Hall–Kier alpha value is -3.51.